The van der Waals surface area contributed by atoms with E-state index < -0.39 is 6.04 Å². The lowest BCUT2D eigenvalue weighted by atomic mass is 9.84. The number of carbonyl (C=O) groups excluding carboxylic acids is 2. The predicted octanol–water partition coefficient (Wildman–Crippen LogP) is 3.90. The minimum atomic E-state index is -0.445. The van der Waals surface area contributed by atoms with Crippen molar-refractivity contribution >= 4 is 35.1 Å². The highest BCUT2D eigenvalue weighted by Gasteiger charge is 2.33. The van der Waals surface area contributed by atoms with E-state index in [1.807, 2.05) is 35.4 Å². The van der Waals surface area contributed by atoms with Crippen LogP contribution in [0.5, 0.6) is 0 Å². The van der Waals surface area contributed by atoms with Crippen LogP contribution < -0.4 is 5.32 Å². The van der Waals surface area contributed by atoms with E-state index in [9.17, 15) is 9.59 Å². The molecule has 0 unspecified atom stereocenters. The van der Waals surface area contributed by atoms with E-state index in [0.717, 1.165) is 69.4 Å². The maximum atomic E-state index is 13.7. The van der Waals surface area contributed by atoms with E-state index in [2.05, 4.69) is 27.1 Å². The van der Waals surface area contributed by atoms with Crippen LogP contribution in [0.25, 0.3) is 10.9 Å². The molecule has 2 saturated heterocycles. The molecule has 1 aromatic heterocycles. The first-order valence-electron chi connectivity index (χ1n) is 13.7. The Hall–Kier alpha value is -2.09. The molecule has 1 aromatic carbocycles. The van der Waals surface area contributed by atoms with Crippen LogP contribution in [0.3, 0.4) is 0 Å². The largest absolute Gasteiger partial charge is 0.361 e. The lowest BCUT2D eigenvalue weighted by Gasteiger charge is -2.43. The van der Waals surface area contributed by atoms with Crippen LogP contribution >= 0.6 is 12.4 Å². The molecular formula is C28H42ClN5O2. The average molecular weight is 516 g/mol. The summed E-state index contributed by atoms with van der Waals surface area (Å²) in [6.07, 6.45) is 11.2. The number of nitrogens with one attached hydrogen (secondary N) is 2. The molecule has 8 heteroatoms. The molecule has 0 bridgehead atoms. The first kappa shape index (κ1) is 27.0. The number of aromatic nitrogens is 1. The molecule has 1 aliphatic carbocycles. The van der Waals surface area contributed by atoms with Gasteiger partial charge in [0.2, 0.25) is 5.91 Å². The summed E-state index contributed by atoms with van der Waals surface area (Å²) in [5.74, 6) is 0.470. The van der Waals surface area contributed by atoms with Gasteiger partial charge in [-0.15, -0.1) is 12.4 Å². The van der Waals surface area contributed by atoms with E-state index in [1.165, 1.54) is 32.1 Å². The summed E-state index contributed by atoms with van der Waals surface area (Å²) in [7, 11) is 2.20. The Bertz CT molecular complexity index is 1000. The van der Waals surface area contributed by atoms with Gasteiger partial charge in [0, 0.05) is 49.5 Å². The zero-order valence-corrected chi connectivity index (χ0v) is 22.4. The Balaban J connectivity index is 0.00000304. The molecule has 7 nitrogen and oxygen atoms in total. The molecule has 0 spiro atoms. The second-order valence-electron chi connectivity index (χ2n) is 10.9. The van der Waals surface area contributed by atoms with Crippen LogP contribution in [-0.4, -0.2) is 89.9 Å². The SMILES string of the molecule is CN1CCC(N2CCN(C(=O)[C@@H](CC3CCCCC3)NC(=O)c3ccc4cc[nH]c4c3)CC2)CC1.Cl. The van der Waals surface area contributed by atoms with Gasteiger partial charge in [0.1, 0.15) is 6.04 Å². The Morgan fingerprint density at radius 3 is 2.42 bits per heavy atom. The second-order valence-corrected chi connectivity index (χ2v) is 10.9. The number of piperazine rings is 1. The molecule has 1 saturated carbocycles. The van der Waals surface area contributed by atoms with Crippen LogP contribution in [-0.2, 0) is 4.79 Å². The van der Waals surface area contributed by atoms with E-state index in [-0.39, 0.29) is 24.2 Å². The number of fused-ring (bicyclic) bond motifs is 1. The third kappa shape index (κ3) is 6.42. The molecule has 3 aliphatic rings. The molecule has 2 N–H and O–H groups in total. The molecule has 36 heavy (non-hydrogen) atoms. The highest BCUT2D eigenvalue weighted by atomic mass is 35.5. The molecule has 3 fully saturated rings. The van der Waals surface area contributed by atoms with E-state index in [1.54, 1.807) is 0 Å². The fourth-order valence-corrected chi connectivity index (χ4v) is 6.30. The molecule has 0 radical (unpaired) electrons. The van der Waals surface area contributed by atoms with Crippen LogP contribution in [0.2, 0.25) is 0 Å². The minimum absolute atomic E-state index is 0. The standard InChI is InChI=1S/C28H41N5O2.ClH/c1-31-13-10-24(11-14-31)32-15-17-33(18-16-32)28(35)26(19-21-5-3-2-4-6-21)30-27(34)23-8-7-22-9-12-29-25(22)20-23;/h7-9,12,20-21,24,26,29H,2-6,10-11,13-19H2,1H3,(H,30,34);1H/t26-;/m1./s1. The normalized spacial score (nSPS) is 21.8. The third-order valence-electron chi connectivity index (χ3n) is 8.54. The number of aromatic amines is 1. The van der Waals surface area contributed by atoms with Crippen molar-refractivity contribution in [3.8, 4) is 0 Å². The molecule has 1 atom stereocenters. The number of rotatable bonds is 6. The lowest BCUT2D eigenvalue weighted by Crippen LogP contribution is -2.57. The van der Waals surface area contributed by atoms with E-state index >= 15 is 0 Å². The molecule has 5 rings (SSSR count). The maximum absolute atomic E-state index is 13.7. The summed E-state index contributed by atoms with van der Waals surface area (Å²) < 4.78 is 0. The number of carbonyl (C=O) groups is 2. The number of benzene rings is 1. The van der Waals surface area contributed by atoms with Crippen LogP contribution in [0.4, 0.5) is 0 Å². The fraction of sp³-hybridized carbons (Fsp3) is 0.643. The molecule has 2 amide bonds. The Labute approximate surface area is 221 Å². The molecule has 2 aromatic rings. The van der Waals surface area contributed by atoms with Crippen molar-refractivity contribution in [3.63, 3.8) is 0 Å². The number of likely N-dealkylation sites (tertiary alicyclic amines) is 1. The van der Waals surface area contributed by atoms with Crippen LogP contribution in [0.15, 0.2) is 30.5 Å². The topological polar surface area (TPSA) is 71.7 Å². The second kappa shape index (κ2) is 12.4. The minimum Gasteiger partial charge on any atom is -0.361 e. The van der Waals surface area contributed by atoms with Gasteiger partial charge in [-0.25, -0.2) is 0 Å². The van der Waals surface area contributed by atoms with Crippen molar-refractivity contribution in [2.45, 2.75) is 63.5 Å². The summed E-state index contributed by atoms with van der Waals surface area (Å²) in [5, 5.41) is 4.23. The Morgan fingerprint density at radius 1 is 0.972 bits per heavy atom. The molecule has 198 valence electrons. The van der Waals surface area contributed by atoms with Gasteiger partial charge in [0.05, 0.1) is 0 Å². The number of nitrogens with zero attached hydrogens (tertiary/aromatic N) is 3. The van der Waals surface area contributed by atoms with Gasteiger partial charge in [-0.2, -0.15) is 0 Å². The summed E-state index contributed by atoms with van der Waals surface area (Å²) in [6, 6.07) is 7.89. The highest BCUT2D eigenvalue weighted by molar-refractivity contribution is 6.00. The zero-order chi connectivity index (χ0) is 24.2. The maximum Gasteiger partial charge on any atom is 0.252 e. The van der Waals surface area contributed by atoms with Crippen molar-refractivity contribution in [1.82, 2.24) is 25.0 Å². The molecule has 3 heterocycles. The third-order valence-corrected chi connectivity index (χ3v) is 8.54. The molecule has 2 aliphatic heterocycles. The number of halogens is 1. The smallest absolute Gasteiger partial charge is 0.252 e. The number of piperidine rings is 1. The summed E-state index contributed by atoms with van der Waals surface area (Å²) in [6.45, 7) is 5.72. The average Bonchev–Trinajstić information content (AvgIpc) is 3.37. The van der Waals surface area contributed by atoms with Crippen molar-refractivity contribution < 1.29 is 9.59 Å². The first-order valence-corrected chi connectivity index (χ1v) is 13.7. The van der Waals surface area contributed by atoms with Gasteiger partial charge in [-0.05, 0) is 68.9 Å². The summed E-state index contributed by atoms with van der Waals surface area (Å²) in [4.78, 5) is 37.1. The van der Waals surface area contributed by atoms with E-state index in [0.29, 0.717) is 17.5 Å². The van der Waals surface area contributed by atoms with Crippen LogP contribution in [0.1, 0.15) is 61.7 Å². The fourth-order valence-electron chi connectivity index (χ4n) is 6.30. The number of H-pyrrole nitrogens is 1. The van der Waals surface area contributed by atoms with Crippen molar-refractivity contribution in [2.75, 3.05) is 46.3 Å². The van der Waals surface area contributed by atoms with Gasteiger partial charge in [-0.3, -0.25) is 14.5 Å². The van der Waals surface area contributed by atoms with Gasteiger partial charge in [0.15, 0.2) is 0 Å². The summed E-state index contributed by atoms with van der Waals surface area (Å²) in [5.41, 5.74) is 1.55. The molecular weight excluding hydrogens is 474 g/mol. The summed E-state index contributed by atoms with van der Waals surface area (Å²) >= 11 is 0. The van der Waals surface area contributed by atoms with Gasteiger partial charge in [-0.1, -0.05) is 38.2 Å². The monoisotopic (exact) mass is 515 g/mol. The predicted molar refractivity (Wildman–Crippen MR) is 147 cm³/mol. The number of hydrogen-bond acceptors (Lipinski definition) is 4. The van der Waals surface area contributed by atoms with Gasteiger partial charge >= 0.3 is 0 Å². The number of hydrogen-bond donors (Lipinski definition) is 2. The van der Waals surface area contributed by atoms with Crippen molar-refractivity contribution in [2.24, 2.45) is 5.92 Å². The van der Waals surface area contributed by atoms with Crippen molar-refractivity contribution in [1.29, 1.82) is 0 Å². The highest BCUT2D eigenvalue weighted by Crippen LogP contribution is 2.28. The van der Waals surface area contributed by atoms with Crippen molar-refractivity contribution in [3.05, 3.63) is 36.0 Å². The van der Waals surface area contributed by atoms with Crippen LogP contribution in [0, 0.1) is 5.92 Å². The first-order chi connectivity index (χ1) is 17.1. The lowest BCUT2D eigenvalue weighted by molar-refractivity contribution is -0.136. The van der Waals surface area contributed by atoms with Gasteiger partial charge in [0.25, 0.3) is 5.91 Å². The Kier molecular flexibility index (Phi) is 9.31. The van der Waals surface area contributed by atoms with E-state index in [4.69, 9.17) is 0 Å². The van der Waals surface area contributed by atoms with Gasteiger partial charge < -0.3 is 20.1 Å². The quantitative estimate of drug-likeness (QED) is 0.612. The zero-order valence-electron chi connectivity index (χ0n) is 21.6. The Morgan fingerprint density at radius 2 is 1.69 bits per heavy atom. The number of amides is 2.